The number of sulfonamides is 1. The van der Waals surface area contributed by atoms with Crippen LogP contribution >= 0.6 is 11.3 Å². The average Bonchev–Trinajstić information content (AvgIpc) is 3.18. The maximum absolute atomic E-state index is 12.9. The van der Waals surface area contributed by atoms with Crippen LogP contribution in [0.15, 0.2) is 40.6 Å². The number of carbonyl (C=O) groups excluding carboxylic acids is 1. The molecule has 6 nitrogen and oxygen atoms in total. The number of benzene rings is 1. The van der Waals surface area contributed by atoms with E-state index in [2.05, 4.69) is 11.0 Å². The lowest BCUT2D eigenvalue weighted by Gasteiger charge is -2.27. The third-order valence-electron chi connectivity index (χ3n) is 4.63. The maximum Gasteiger partial charge on any atom is 0.241 e. The van der Waals surface area contributed by atoms with Gasteiger partial charge in [-0.05, 0) is 55.1 Å². The molecule has 0 saturated carbocycles. The first-order chi connectivity index (χ1) is 12.3. The largest absolute Gasteiger partial charge is 0.308 e. The fraction of sp³-hybridized carbons (Fsp3) is 0.389. The van der Waals surface area contributed by atoms with Gasteiger partial charge in [-0.1, -0.05) is 13.0 Å². The number of hydrogen-bond acceptors (Lipinski definition) is 5. The van der Waals surface area contributed by atoms with Crippen molar-refractivity contribution >= 4 is 33.0 Å². The molecule has 1 atom stereocenters. The summed E-state index contributed by atoms with van der Waals surface area (Å²) in [5, 5.41) is 7.25. The van der Waals surface area contributed by atoms with E-state index >= 15 is 0 Å². The zero-order valence-electron chi connectivity index (χ0n) is 14.9. The van der Waals surface area contributed by atoms with Crippen LogP contribution in [0.2, 0.25) is 0 Å². The van der Waals surface area contributed by atoms with E-state index in [0.29, 0.717) is 13.0 Å². The van der Waals surface area contributed by atoms with Gasteiger partial charge in [-0.25, -0.2) is 13.6 Å². The van der Waals surface area contributed by atoms with Gasteiger partial charge in [0, 0.05) is 23.2 Å². The highest BCUT2D eigenvalue weighted by molar-refractivity contribution is 7.89. The van der Waals surface area contributed by atoms with E-state index in [4.69, 9.17) is 5.14 Å². The SMILES string of the molecule is CCN(CC(=O)N1c2ccc(S(N)(=O)=O)cc2C[C@H]1C)Cc1cccs1. The zero-order chi connectivity index (χ0) is 18.9. The van der Waals surface area contributed by atoms with Gasteiger partial charge >= 0.3 is 0 Å². The molecule has 1 aromatic carbocycles. The summed E-state index contributed by atoms with van der Waals surface area (Å²) in [4.78, 5) is 18.1. The maximum atomic E-state index is 12.9. The van der Waals surface area contributed by atoms with Gasteiger partial charge in [-0.3, -0.25) is 9.69 Å². The fourth-order valence-corrected chi connectivity index (χ4v) is 4.64. The number of anilines is 1. The molecule has 0 aliphatic carbocycles. The van der Waals surface area contributed by atoms with E-state index < -0.39 is 10.0 Å². The second-order valence-corrected chi connectivity index (χ2v) is 9.13. The standard InChI is InChI=1S/C18H23N3O3S2/c1-3-20(11-15-5-4-8-25-15)12-18(22)21-13(2)9-14-10-16(26(19,23)24)6-7-17(14)21/h4-8,10,13H,3,9,11-12H2,1-2H3,(H2,19,23,24)/t13-/m1/s1. The number of primary sulfonamides is 1. The summed E-state index contributed by atoms with van der Waals surface area (Å²) in [6.07, 6.45) is 0.626. The van der Waals surface area contributed by atoms with Crippen LogP contribution in [0, 0.1) is 0 Å². The molecule has 140 valence electrons. The van der Waals surface area contributed by atoms with Gasteiger partial charge in [0.25, 0.3) is 0 Å². The summed E-state index contributed by atoms with van der Waals surface area (Å²) in [5.74, 6) is 0.0259. The van der Waals surface area contributed by atoms with Gasteiger partial charge < -0.3 is 4.90 Å². The summed E-state index contributed by atoms with van der Waals surface area (Å²) in [6, 6.07) is 8.81. The molecule has 3 rings (SSSR count). The molecule has 0 saturated heterocycles. The lowest BCUT2D eigenvalue weighted by molar-refractivity contribution is -0.120. The number of nitrogens with zero attached hydrogens (tertiary/aromatic N) is 2. The molecule has 0 bridgehead atoms. The van der Waals surface area contributed by atoms with Crippen LogP contribution in [0.25, 0.3) is 0 Å². The number of nitrogens with two attached hydrogens (primary N) is 1. The number of fused-ring (bicyclic) bond motifs is 1. The van der Waals surface area contributed by atoms with Crippen molar-refractivity contribution in [3.63, 3.8) is 0 Å². The Morgan fingerprint density at radius 3 is 2.77 bits per heavy atom. The number of likely N-dealkylation sites (N-methyl/N-ethyl adjacent to an activating group) is 1. The molecule has 2 heterocycles. The van der Waals surface area contributed by atoms with Gasteiger partial charge in [0.05, 0.1) is 11.4 Å². The van der Waals surface area contributed by atoms with Crippen LogP contribution in [0.5, 0.6) is 0 Å². The lowest BCUT2D eigenvalue weighted by Crippen LogP contribution is -2.42. The van der Waals surface area contributed by atoms with Crippen LogP contribution < -0.4 is 10.0 Å². The Hall–Kier alpha value is -1.74. The number of thiophene rings is 1. The summed E-state index contributed by atoms with van der Waals surface area (Å²) in [5.41, 5.74) is 1.63. The van der Waals surface area contributed by atoms with E-state index in [1.54, 1.807) is 28.4 Å². The molecular weight excluding hydrogens is 370 g/mol. The Labute approximate surface area is 158 Å². The van der Waals surface area contributed by atoms with Crippen molar-refractivity contribution in [3.8, 4) is 0 Å². The van der Waals surface area contributed by atoms with Gasteiger partial charge in [-0.2, -0.15) is 0 Å². The molecule has 1 aromatic heterocycles. The van der Waals surface area contributed by atoms with Crippen LogP contribution in [-0.4, -0.2) is 38.4 Å². The van der Waals surface area contributed by atoms with Crippen LogP contribution in [-0.2, 0) is 27.8 Å². The highest BCUT2D eigenvalue weighted by atomic mass is 32.2. The number of carbonyl (C=O) groups is 1. The van der Waals surface area contributed by atoms with Crippen molar-refractivity contribution in [1.82, 2.24) is 4.90 Å². The minimum atomic E-state index is -3.74. The first kappa shape index (κ1) is 19.0. The predicted octanol–water partition coefficient (Wildman–Crippen LogP) is 2.20. The first-order valence-electron chi connectivity index (χ1n) is 8.52. The summed E-state index contributed by atoms with van der Waals surface area (Å²) >= 11 is 1.68. The molecular formula is C18H23N3O3S2. The average molecular weight is 394 g/mol. The highest BCUT2D eigenvalue weighted by Gasteiger charge is 2.32. The molecule has 2 aromatic rings. The molecule has 0 unspecified atom stereocenters. The molecule has 0 spiro atoms. The lowest BCUT2D eigenvalue weighted by atomic mass is 10.1. The molecule has 1 aliphatic rings. The summed E-state index contributed by atoms with van der Waals surface area (Å²) < 4.78 is 23.1. The number of hydrogen-bond donors (Lipinski definition) is 1. The quantitative estimate of drug-likeness (QED) is 0.815. The van der Waals surface area contributed by atoms with Crippen molar-refractivity contribution in [2.75, 3.05) is 18.0 Å². The zero-order valence-corrected chi connectivity index (χ0v) is 16.5. The van der Waals surface area contributed by atoms with Crippen LogP contribution in [0.1, 0.15) is 24.3 Å². The molecule has 0 fully saturated rings. The van der Waals surface area contributed by atoms with Crippen molar-refractivity contribution in [1.29, 1.82) is 0 Å². The number of amides is 1. The molecule has 1 amide bonds. The van der Waals surface area contributed by atoms with Crippen molar-refractivity contribution < 1.29 is 13.2 Å². The Balaban J connectivity index is 1.78. The Kier molecular flexibility index (Phi) is 5.47. The molecule has 0 radical (unpaired) electrons. The minimum Gasteiger partial charge on any atom is -0.308 e. The van der Waals surface area contributed by atoms with E-state index in [-0.39, 0.29) is 16.8 Å². The highest BCUT2D eigenvalue weighted by Crippen LogP contribution is 2.33. The normalized spacial score (nSPS) is 16.9. The topological polar surface area (TPSA) is 83.7 Å². The van der Waals surface area contributed by atoms with Crippen LogP contribution in [0.4, 0.5) is 5.69 Å². The Bertz CT molecular complexity index is 894. The summed E-state index contributed by atoms with van der Waals surface area (Å²) in [7, 11) is -3.74. The van der Waals surface area contributed by atoms with Crippen molar-refractivity contribution in [3.05, 3.63) is 46.2 Å². The van der Waals surface area contributed by atoms with Crippen LogP contribution in [0.3, 0.4) is 0 Å². The van der Waals surface area contributed by atoms with E-state index in [0.717, 1.165) is 24.3 Å². The van der Waals surface area contributed by atoms with Gasteiger partial charge in [0.2, 0.25) is 15.9 Å². The molecule has 1 aliphatic heterocycles. The molecule has 2 N–H and O–H groups in total. The van der Waals surface area contributed by atoms with Crippen molar-refractivity contribution in [2.45, 2.75) is 37.8 Å². The fourth-order valence-electron chi connectivity index (χ4n) is 3.33. The second-order valence-electron chi connectivity index (χ2n) is 6.54. The minimum absolute atomic E-state index is 0.00586. The van der Waals surface area contributed by atoms with Crippen molar-refractivity contribution in [2.24, 2.45) is 5.14 Å². The van der Waals surface area contributed by atoms with E-state index in [9.17, 15) is 13.2 Å². The van der Waals surface area contributed by atoms with E-state index in [1.807, 2.05) is 25.3 Å². The Morgan fingerprint density at radius 1 is 1.38 bits per heavy atom. The van der Waals surface area contributed by atoms with Gasteiger partial charge in [-0.15, -0.1) is 11.3 Å². The third kappa shape index (κ3) is 3.98. The number of rotatable bonds is 6. The van der Waals surface area contributed by atoms with E-state index in [1.165, 1.54) is 10.9 Å². The second kappa shape index (κ2) is 7.48. The monoisotopic (exact) mass is 393 g/mol. The molecule has 26 heavy (non-hydrogen) atoms. The third-order valence-corrected chi connectivity index (χ3v) is 6.40. The smallest absolute Gasteiger partial charge is 0.241 e. The summed E-state index contributed by atoms with van der Waals surface area (Å²) in [6.45, 7) is 5.88. The predicted molar refractivity (Wildman–Crippen MR) is 104 cm³/mol. The van der Waals surface area contributed by atoms with Gasteiger partial charge in [0.1, 0.15) is 0 Å². The van der Waals surface area contributed by atoms with Gasteiger partial charge in [0.15, 0.2) is 0 Å². The molecule has 8 heteroatoms. The first-order valence-corrected chi connectivity index (χ1v) is 10.9. The Morgan fingerprint density at radius 2 is 2.15 bits per heavy atom.